The van der Waals surface area contributed by atoms with Gasteiger partial charge in [0.2, 0.25) is 0 Å². The normalized spacial score (nSPS) is 10.4. The summed E-state index contributed by atoms with van der Waals surface area (Å²) in [5.41, 5.74) is 3.47. The van der Waals surface area contributed by atoms with Gasteiger partial charge in [-0.05, 0) is 35.9 Å². The molecule has 0 radical (unpaired) electrons. The standard InChI is InChI=1S/C21H14Cl2N2O2S/c1-27-20(26)12-28-21-18(11-24)17(13-2-6-15(22)7-3-13)10-19(25-21)14-4-8-16(23)9-5-14/h2-10H,12H2,1H3. The van der Waals surface area contributed by atoms with E-state index in [-0.39, 0.29) is 11.7 Å². The molecule has 7 heteroatoms. The van der Waals surface area contributed by atoms with Gasteiger partial charge in [-0.1, -0.05) is 59.2 Å². The molecule has 2 aromatic carbocycles. The van der Waals surface area contributed by atoms with Crippen molar-refractivity contribution in [2.75, 3.05) is 12.9 Å². The molecule has 0 fully saturated rings. The van der Waals surface area contributed by atoms with Crippen LogP contribution in [0.1, 0.15) is 5.56 Å². The maximum absolute atomic E-state index is 11.6. The molecule has 0 bridgehead atoms. The van der Waals surface area contributed by atoms with Gasteiger partial charge in [0, 0.05) is 21.2 Å². The molecule has 1 heterocycles. The molecule has 28 heavy (non-hydrogen) atoms. The van der Waals surface area contributed by atoms with E-state index in [0.29, 0.717) is 31.9 Å². The summed E-state index contributed by atoms with van der Waals surface area (Å²) in [6, 6.07) is 18.6. The van der Waals surface area contributed by atoms with Crippen molar-refractivity contribution in [2.45, 2.75) is 5.03 Å². The topological polar surface area (TPSA) is 63.0 Å². The summed E-state index contributed by atoms with van der Waals surface area (Å²) in [6.07, 6.45) is 0. The number of pyridine rings is 1. The number of nitriles is 1. The second-order valence-electron chi connectivity index (χ2n) is 5.73. The van der Waals surface area contributed by atoms with Crippen LogP contribution in [0.3, 0.4) is 0 Å². The highest BCUT2D eigenvalue weighted by Gasteiger charge is 2.17. The Kier molecular flexibility index (Phi) is 6.58. The van der Waals surface area contributed by atoms with Gasteiger partial charge in [0.15, 0.2) is 0 Å². The van der Waals surface area contributed by atoms with Crippen LogP contribution in [0.4, 0.5) is 0 Å². The fourth-order valence-corrected chi connectivity index (χ4v) is 3.63. The first kappa shape index (κ1) is 20.2. The monoisotopic (exact) mass is 428 g/mol. The summed E-state index contributed by atoms with van der Waals surface area (Å²) in [5, 5.41) is 11.5. The zero-order valence-electron chi connectivity index (χ0n) is 14.8. The molecule has 0 saturated heterocycles. The lowest BCUT2D eigenvalue weighted by Gasteiger charge is -2.12. The van der Waals surface area contributed by atoms with Crippen molar-refractivity contribution in [1.29, 1.82) is 5.26 Å². The van der Waals surface area contributed by atoms with Gasteiger partial charge < -0.3 is 4.74 Å². The lowest BCUT2D eigenvalue weighted by molar-refractivity contribution is -0.137. The molecular weight excluding hydrogens is 415 g/mol. The van der Waals surface area contributed by atoms with Crippen LogP contribution in [0.5, 0.6) is 0 Å². The van der Waals surface area contributed by atoms with E-state index in [1.54, 1.807) is 24.3 Å². The first-order chi connectivity index (χ1) is 13.5. The van der Waals surface area contributed by atoms with Gasteiger partial charge >= 0.3 is 5.97 Å². The molecule has 0 atom stereocenters. The maximum atomic E-state index is 11.6. The van der Waals surface area contributed by atoms with E-state index in [9.17, 15) is 10.1 Å². The van der Waals surface area contributed by atoms with Crippen LogP contribution in [0.15, 0.2) is 59.6 Å². The Morgan fingerprint density at radius 3 is 2.18 bits per heavy atom. The van der Waals surface area contributed by atoms with Crippen molar-refractivity contribution in [1.82, 2.24) is 4.98 Å². The van der Waals surface area contributed by atoms with E-state index < -0.39 is 0 Å². The molecule has 0 saturated carbocycles. The summed E-state index contributed by atoms with van der Waals surface area (Å²) >= 11 is 13.2. The second kappa shape index (κ2) is 9.11. The zero-order valence-corrected chi connectivity index (χ0v) is 17.1. The Morgan fingerprint density at radius 2 is 1.64 bits per heavy atom. The van der Waals surface area contributed by atoms with Crippen molar-refractivity contribution in [3.63, 3.8) is 0 Å². The van der Waals surface area contributed by atoms with Gasteiger partial charge in [-0.25, -0.2) is 4.98 Å². The molecule has 0 amide bonds. The predicted molar refractivity (Wildman–Crippen MR) is 113 cm³/mol. The van der Waals surface area contributed by atoms with Gasteiger partial charge in [-0.3, -0.25) is 4.79 Å². The first-order valence-electron chi connectivity index (χ1n) is 8.18. The molecule has 0 aliphatic heterocycles. The minimum absolute atomic E-state index is 0.0578. The minimum Gasteiger partial charge on any atom is -0.468 e. The third-order valence-corrected chi connectivity index (χ3v) is 5.40. The van der Waals surface area contributed by atoms with Gasteiger partial charge in [-0.2, -0.15) is 5.26 Å². The third-order valence-electron chi connectivity index (χ3n) is 3.95. The van der Waals surface area contributed by atoms with Crippen LogP contribution in [-0.2, 0) is 9.53 Å². The van der Waals surface area contributed by atoms with Crippen molar-refractivity contribution >= 4 is 40.9 Å². The quantitative estimate of drug-likeness (QED) is 0.376. The Hall–Kier alpha value is -2.52. The Bertz CT molecular complexity index is 1050. The highest BCUT2D eigenvalue weighted by atomic mass is 35.5. The molecule has 0 unspecified atom stereocenters. The lowest BCUT2D eigenvalue weighted by atomic mass is 9.99. The molecule has 3 aromatic rings. The largest absolute Gasteiger partial charge is 0.468 e. The van der Waals surface area contributed by atoms with E-state index in [0.717, 1.165) is 11.1 Å². The number of hydrogen-bond acceptors (Lipinski definition) is 5. The molecule has 0 N–H and O–H groups in total. The number of rotatable bonds is 5. The number of carbonyl (C=O) groups excluding carboxylic acids is 1. The smallest absolute Gasteiger partial charge is 0.316 e. The van der Waals surface area contributed by atoms with Crippen molar-refractivity contribution in [2.24, 2.45) is 0 Å². The number of ether oxygens (including phenoxy) is 1. The number of methoxy groups -OCH3 is 1. The van der Waals surface area contributed by atoms with Crippen LogP contribution in [0.2, 0.25) is 10.0 Å². The number of esters is 1. The van der Waals surface area contributed by atoms with E-state index in [1.807, 2.05) is 30.3 Å². The number of carbonyl (C=O) groups is 1. The van der Waals surface area contributed by atoms with E-state index in [4.69, 9.17) is 27.9 Å². The zero-order chi connectivity index (χ0) is 20.1. The predicted octanol–water partition coefficient (Wildman–Crippen LogP) is 5.86. The molecule has 0 spiro atoms. The van der Waals surface area contributed by atoms with E-state index >= 15 is 0 Å². The summed E-state index contributed by atoms with van der Waals surface area (Å²) in [6.45, 7) is 0. The average molecular weight is 429 g/mol. The first-order valence-corrected chi connectivity index (χ1v) is 9.92. The summed E-state index contributed by atoms with van der Waals surface area (Å²) in [7, 11) is 1.32. The van der Waals surface area contributed by atoms with Crippen LogP contribution >= 0.6 is 35.0 Å². The average Bonchev–Trinajstić information content (AvgIpc) is 2.72. The van der Waals surface area contributed by atoms with Crippen molar-refractivity contribution in [3.05, 3.63) is 70.2 Å². The maximum Gasteiger partial charge on any atom is 0.316 e. The number of nitrogens with zero attached hydrogens (tertiary/aromatic N) is 2. The molecular formula is C21H14Cl2N2O2S. The third kappa shape index (κ3) is 4.66. The number of thioether (sulfide) groups is 1. The molecule has 0 aliphatic rings. The van der Waals surface area contributed by atoms with Crippen LogP contribution in [-0.4, -0.2) is 23.8 Å². The minimum atomic E-state index is -0.388. The van der Waals surface area contributed by atoms with Gasteiger partial charge in [0.25, 0.3) is 0 Å². The molecule has 1 aromatic heterocycles. The fourth-order valence-electron chi connectivity index (χ4n) is 2.55. The Labute approximate surface area is 177 Å². The highest BCUT2D eigenvalue weighted by Crippen LogP contribution is 2.35. The van der Waals surface area contributed by atoms with Crippen molar-refractivity contribution < 1.29 is 9.53 Å². The highest BCUT2D eigenvalue weighted by molar-refractivity contribution is 7.99. The van der Waals surface area contributed by atoms with E-state index in [2.05, 4.69) is 11.1 Å². The molecule has 0 aliphatic carbocycles. The number of hydrogen-bond donors (Lipinski definition) is 0. The number of benzene rings is 2. The summed E-state index contributed by atoms with van der Waals surface area (Å²) < 4.78 is 4.70. The van der Waals surface area contributed by atoms with Crippen LogP contribution in [0.25, 0.3) is 22.4 Å². The van der Waals surface area contributed by atoms with Crippen LogP contribution in [0, 0.1) is 11.3 Å². The fraction of sp³-hybridized carbons (Fsp3) is 0.0952. The lowest BCUT2D eigenvalue weighted by Crippen LogP contribution is -2.04. The summed E-state index contributed by atoms with van der Waals surface area (Å²) in [4.78, 5) is 16.2. The number of halogens is 2. The Morgan fingerprint density at radius 1 is 1.07 bits per heavy atom. The van der Waals surface area contributed by atoms with Gasteiger partial charge in [0.1, 0.15) is 11.1 Å². The van der Waals surface area contributed by atoms with Crippen LogP contribution < -0.4 is 0 Å². The van der Waals surface area contributed by atoms with Crippen molar-refractivity contribution in [3.8, 4) is 28.5 Å². The summed E-state index contributed by atoms with van der Waals surface area (Å²) in [5.74, 6) is -0.330. The molecule has 3 rings (SSSR count). The molecule has 4 nitrogen and oxygen atoms in total. The van der Waals surface area contributed by atoms with Gasteiger partial charge in [0.05, 0.1) is 24.1 Å². The SMILES string of the molecule is COC(=O)CSc1nc(-c2ccc(Cl)cc2)cc(-c2ccc(Cl)cc2)c1C#N. The van der Waals surface area contributed by atoms with Gasteiger partial charge in [-0.15, -0.1) is 0 Å². The number of aromatic nitrogens is 1. The van der Waals surface area contributed by atoms with E-state index in [1.165, 1.54) is 18.9 Å². The molecule has 140 valence electrons. The second-order valence-corrected chi connectivity index (χ2v) is 7.56. The Balaban J connectivity index is 2.16.